The molecule has 148 valence electrons. The van der Waals surface area contributed by atoms with E-state index in [1.165, 1.54) is 0 Å². The highest BCUT2D eigenvalue weighted by atomic mass is 16.2. The van der Waals surface area contributed by atoms with Crippen LogP contribution in [-0.2, 0) is 4.79 Å². The number of carbonyl (C=O) groups excluding carboxylic acids is 1. The predicted molar refractivity (Wildman–Crippen MR) is 115 cm³/mol. The number of anilines is 2. The highest BCUT2D eigenvalue weighted by Gasteiger charge is 2.30. The SMILES string of the molecule is CCN(C(=O)C1CCCN(c2ccc(-c3ccncc3)nn2)C1)c1ccccc1. The van der Waals surface area contributed by atoms with E-state index >= 15 is 0 Å². The van der Waals surface area contributed by atoms with E-state index in [-0.39, 0.29) is 11.8 Å². The van der Waals surface area contributed by atoms with Crippen molar-refractivity contribution in [2.24, 2.45) is 5.92 Å². The highest BCUT2D eigenvalue weighted by molar-refractivity contribution is 5.95. The molecule has 0 N–H and O–H groups in total. The summed E-state index contributed by atoms with van der Waals surface area (Å²) in [5.41, 5.74) is 2.77. The van der Waals surface area contributed by atoms with Crippen molar-refractivity contribution in [1.29, 1.82) is 0 Å². The van der Waals surface area contributed by atoms with E-state index in [4.69, 9.17) is 0 Å². The van der Waals surface area contributed by atoms with Gasteiger partial charge in [-0.2, -0.15) is 0 Å². The standard InChI is InChI=1S/C23H25N5O/c1-2-28(20-8-4-3-5-9-20)23(29)19-7-6-16-27(17-19)22-11-10-21(25-26-22)18-12-14-24-15-13-18/h3-5,8-15,19H,2,6-7,16-17H2,1H3. The molecule has 1 fully saturated rings. The molecule has 1 aliphatic rings. The van der Waals surface area contributed by atoms with Crippen LogP contribution in [-0.4, -0.2) is 40.7 Å². The van der Waals surface area contributed by atoms with Crippen LogP contribution in [0.3, 0.4) is 0 Å². The number of para-hydroxylation sites is 1. The van der Waals surface area contributed by atoms with Crippen LogP contribution >= 0.6 is 0 Å². The lowest BCUT2D eigenvalue weighted by Gasteiger charge is -2.35. The Kier molecular flexibility index (Phi) is 5.79. The van der Waals surface area contributed by atoms with E-state index in [0.717, 1.165) is 42.1 Å². The van der Waals surface area contributed by atoms with Crippen molar-refractivity contribution in [3.8, 4) is 11.3 Å². The number of benzene rings is 1. The molecule has 0 aliphatic carbocycles. The lowest BCUT2D eigenvalue weighted by molar-refractivity contribution is -0.122. The van der Waals surface area contributed by atoms with Crippen LogP contribution in [0.1, 0.15) is 19.8 Å². The number of aromatic nitrogens is 3. The highest BCUT2D eigenvalue weighted by Crippen LogP contribution is 2.26. The van der Waals surface area contributed by atoms with E-state index in [9.17, 15) is 4.79 Å². The van der Waals surface area contributed by atoms with Crippen molar-refractivity contribution in [3.63, 3.8) is 0 Å². The molecule has 0 spiro atoms. The van der Waals surface area contributed by atoms with Gasteiger partial charge in [-0.05, 0) is 56.2 Å². The summed E-state index contributed by atoms with van der Waals surface area (Å²) in [6.45, 7) is 4.25. The zero-order valence-corrected chi connectivity index (χ0v) is 16.6. The number of hydrogen-bond donors (Lipinski definition) is 0. The quantitative estimate of drug-likeness (QED) is 0.666. The Morgan fingerprint density at radius 1 is 1.07 bits per heavy atom. The fraction of sp³-hybridized carbons (Fsp3) is 0.304. The molecule has 1 unspecified atom stereocenters. The third-order valence-corrected chi connectivity index (χ3v) is 5.37. The van der Waals surface area contributed by atoms with Crippen LogP contribution in [0.15, 0.2) is 67.0 Å². The minimum absolute atomic E-state index is 0.0365. The van der Waals surface area contributed by atoms with E-state index in [1.807, 2.05) is 66.4 Å². The maximum Gasteiger partial charge on any atom is 0.231 e. The average molecular weight is 387 g/mol. The summed E-state index contributed by atoms with van der Waals surface area (Å²) in [5, 5.41) is 8.80. The van der Waals surface area contributed by atoms with E-state index in [0.29, 0.717) is 13.1 Å². The number of pyridine rings is 1. The van der Waals surface area contributed by atoms with Crippen molar-refractivity contribution in [1.82, 2.24) is 15.2 Å². The average Bonchev–Trinajstić information content (AvgIpc) is 2.81. The maximum atomic E-state index is 13.2. The Balaban J connectivity index is 1.47. The number of amides is 1. The molecule has 1 aliphatic heterocycles. The van der Waals surface area contributed by atoms with Crippen LogP contribution in [0.5, 0.6) is 0 Å². The molecule has 2 aromatic heterocycles. The van der Waals surface area contributed by atoms with Crippen molar-refractivity contribution in [3.05, 3.63) is 67.0 Å². The van der Waals surface area contributed by atoms with Gasteiger partial charge in [0.15, 0.2) is 5.82 Å². The van der Waals surface area contributed by atoms with Crippen LogP contribution in [0.4, 0.5) is 11.5 Å². The Morgan fingerprint density at radius 3 is 2.55 bits per heavy atom. The molecule has 1 saturated heterocycles. The summed E-state index contributed by atoms with van der Waals surface area (Å²) in [4.78, 5) is 21.3. The summed E-state index contributed by atoms with van der Waals surface area (Å²) < 4.78 is 0. The van der Waals surface area contributed by atoms with E-state index in [2.05, 4.69) is 20.1 Å². The predicted octanol–water partition coefficient (Wildman–Crippen LogP) is 3.81. The molecular formula is C23H25N5O. The topological polar surface area (TPSA) is 62.2 Å². The van der Waals surface area contributed by atoms with Gasteiger partial charge in [0.2, 0.25) is 5.91 Å². The summed E-state index contributed by atoms with van der Waals surface area (Å²) in [7, 11) is 0. The first-order valence-corrected chi connectivity index (χ1v) is 10.1. The van der Waals surface area contributed by atoms with Gasteiger partial charge in [-0.1, -0.05) is 18.2 Å². The Morgan fingerprint density at radius 2 is 1.86 bits per heavy atom. The van der Waals surface area contributed by atoms with E-state index in [1.54, 1.807) is 12.4 Å². The summed E-state index contributed by atoms with van der Waals surface area (Å²) in [5.74, 6) is 0.971. The van der Waals surface area contributed by atoms with Gasteiger partial charge in [0.05, 0.1) is 11.6 Å². The molecule has 3 aromatic rings. The van der Waals surface area contributed by atoms with Gasteiger partial charge in [0, 0.05) is 43.3 Å². The summed E-state index contributed by atoms with van der Waals surface area (Å²) >= 11 is 0. The molecule has 29 heavy (non-hydrogen) atoms. The van der Waals surface area contributed by atoms with Crippen molar-refractivity contribution in [2.45, 2.75) is 19.8 Å². The first-order valence-electron chi connectivity index (χ1n) is 10.1. The van der Waals surface area contributed by atoms with Gasteiger partial charge in [-0.15, -0.1) is 10.2 Å². The molecule has 3 heterocycles. The number of nitrogens with zero attached hydrogens (tertiary/aromatic N) is 5. The van der Waals surface area contributed by atoms with Crippen molar-refractivity contribution < 1.29 is 4.79 Å². The van der Waals surface area contributed by atoms with Crippen LogP contribution in [0.2, 0.25) is 0 Å². The second kappa shape index (κ2) is 8.82. The van der Waals surface area contributed by atoms with Crippen molar-refractivity contribution in [2.75, 3.05) is 29.4 Å². The van der Waals surface area contributed by atoms with Gasteiger partial charge in [0.25, 0.3) is 0 Å². The zero-order valence-electron chi connectivity index (χ0n) is 16.6. The molecule has 0 radical (unpaired) electrons. The molecule has 4 rings (SSSR count). The minimum Gasteiger partial charge on any atom is -0.354 e. The molecule has 0 bridgehead atoms. The fourth-order valence-corrected chi connectivity index (χ4v) is 3.85. The largest absolute Gasteiger partial charge is 0.354 e. The second-order valence-electron chi connectivity index (χ2n) is 7.22. The second-order valence-corrected chi connectivity index (χ2v) is 7.22. The first-order chi connectivity index (χ1) is 14.3. The van der Waals surface area contributed by atoms with E-state index < -0.39 is 0 Å². The van der Waals surface area contributed by atoms with Crippen LogP contribution in [0, 0.1) is 5.92 Å². The molecule has 0 saturated carbocycles. The molecule has 6 heteroatoms. The lowest BCUT2D eigenvalue weighted by Crippen LogP contribution is -2.45. The maximum absolute atomic E-state index is 13.2. The van der Waals surface area contributed by atoms with Crippen molar-refractivity contribution >= 4 is 17.4 Å². The Bertz CT molecular complexity index is 931. The Labute approximate surface area is 171 Å². The third-order valence-electron chi connectivity index (χ3n) is 5.37. The van der Waals surface area contributed by atoms with Crippen LogP contribution in [0.25, 0.3) is 11.3 Å². The number of piperidine rings is 1. The first kappa shape index (κ1) is 19.1. The number of hydrogen-bond acceptors (Lipinski definition) is 5. The molecule has 1 atom stereocenters. The third kappa shape index (κ3) is 4.26. The summed E-state index contributed by atoms with van der Waals surface area (Å²) in [6, 6.07) is 17.7. The number of carbonyl (C=O) groups is 1. The zero-order chi connectivity index (χ0) is 20.1. The molecule has 1 amide bonds. The monoisotopic (exact) mass is 387 g/mol. The normalized spacial score (nSPS) is 16.4. The number of rotatable bonds is 5. The molecule has 6 nitrogen and oxygen atoms in total. The smallest absolute Gasteiger partial charge is 0.231 e. The van der Waals surface area contributed by atoms with Gasteiger partial charge < -0.3 is 9.80 Å². The van der Waals surface area contributed by atoms with Gasteiger partial charge in [-0.25, -0.2) is 0 Å². The molecular weight excluding hydrogens is 362 g/mol. The van der Waals surface area contributed by atoms with Gasteiger partial charge in [0.1, 0.15) is 0 Å². The Hall–Kier alpha value is -3.28. The van der Waals surface area contributed by atoms with Crippen LogP contribution < -0.4 is 9.80 Å². The summed E-state index contributed by atoms with van der Waals surface area (Å²) in [6.07, 6.45) is 5.37. The fourth-order valence-electron chi connectivity index (χ4n) is 3.85. The molecule has 1 aromatic carbocycles. The minimum atomic E-state index is -0.0365. The lowest BCUT2D eigenvalue weighted by atomic mass is 9.96. The van der Waals surface area contributed by atoms with Gasteiger partial charge >= 0.3 is 0 Å². The van der Waals surface area contributed by atoms with Gasteiger partial charge in [-0.3, -0.25) is 9.78 Å².